The quantitative estimate of drug-likeness (QED) is 0.242. The normalized spacial score (nSPS) is 14.2. The molecule has 0 N–H and O–H groups in total. The topological polar surface area (TPSA) is 51.0 Å². The molecule has 3 aromatic carbocycles. The van der Waals surface area contributed by atoms with Crippen LogP contribution in [-0.4, -0.2) is 39.4 Å². The Hall–Kier alpha value is -3.48. The molecule has 0 bridgehead atoms. The Morgan fingerprint density at radius 1 is 1.03 bits per heavy atom. The monoisotopic (exact) mass is 512 g/mol. The van der Waals surface area contributed by atoms with Crippen molar-refractivity contribution in [1.29, 1.82) is 0 Å². The Labute approximate surface area is 219 Å². The molecule has 0 saturated heterocycles. The van der Waals surface area contributed by atoms with E-state index in [4.69, 9.17) is 21.6 Å². The summed E-state index contributed by atoms with van der Waals surface area (Å²) in [5.41, 5.74) is 5.64. The average Bonchev–Trinajstić information content (AvgIpc) is 3.48. The van der Waals surface area contributed by atoms with Gasteiger partial charge in [0, 0.05) is 35.6 Å². The summed E-state index contributed by atoms with van der Waals surface area (Å²) in [6, 6.07) is 24.4. The number of thiazole rings is 1. The van der Waals surface area contributed by atoms with Crippen LogP contribution in [0, 0.1) is 5.92 Å². The molecule has 0 aliphatic heterocycles. The summed E-state index contributed by atoms with van der Waals surface area (Å²) >= 11 is 7.68. The number of hydrogen-bond acceptors (Lipinski definition) is 4. The van der Waals surface area contributed by atoms with Gasteiger partial charge in [0.2, 0.25) is 0 Å². The molecule has 5 aromatic rings. The van der Waals surface area contributed by atoms with Crippen molar-refractivity contribution in [1.82, 2.24) is 19.4 Å². The first-order valence-electron chi connectivity index (χ1n) is 12.0. The van der Waals surface area contributed by atoms with E-state index in [9.17, 15) is 4.79 Å². The second-order valence-corrected chi connectivity index (χ2v) is 10.7. The number of halogens is 1. The van der Waals surface area contributed by atoms with Crippen LogP contribution < -0.4 is 0 Å². The summed E-state index contributed by atoms with van der Waals surface area (Å²) in [5, 5.41) is 3.63. The maximum absolute atomic E-state index is 12.7. The van der Waals surface area contributed by atoms with Crippen LogP contribution in [0.1, 0.15) is 34.8 Å². The summed E-state index contributed by atoms with van der Waals surface area (Å²) < 4.78 is 2.34. The number of hydrogen-bond donors (Lipinski definition) is 0. The Morgan fingerprint density at radius 3 is 2.47 bits per heavy atom. The van der Waals surface area contributed by atoms with Crippen molar-refractivity contribution in [2.24, 2.45) is 5.92 Å². The maximum Gasteiger partial charge on any atom is 0.253 e. The first kappa shape index (κ1) is 23.0. The summed E-state index contributed by atoms with van der Waals surface area (Å²) in [6.45, 7) is 0. The molecule has 1 fully saturated rings. The first-order chi connectivity index (χ1) is 17.5. The Morgan fingerprint density at radius 2 is 1.78 bits per heavy atom. The zero-order valence-electron chi connectivity index (χ0n) is 20.1. The van der Waals surface area contributed by atoms with E-state index in [0.29, 0.717) is 16.5 Å². The van der Waals surface area contributed by atoms with Crippen LogP contribution in [0.15, 0.2) is 78.2 Å². The number of benzene rings is 3. The van der Waals surface area contributed by atoms with Crippen molar-refractivity contribution in [3.63, 3.8) is 0 Å². The van der Waals surface area contributed by atoms with Gasteiger partial charge in [-0.2, -0.15) is 0 Å². The molecule has 2 aromatic heterocycles. The van der Waals surface area contributed by atoms with Gasteiger partial charge in [0.05, 0.1) is 22.8 Å². The third kappa shape index (κ3) is 4.21. The highest BCUT2D eigenvalue weighted by atomic mass is 35.5. The van der Waals surface area contributed by atoms with Crippen molar-refractivity contribution < 1.29 is 4.79 Å². The summed E-state index contributed by atoms with van der Waals surface area (Å²) in [6.07, 6.45) is 2.37. The minimum atomic E-state index is -0.0333. The minimum absolute atomic E-state index is 0.0333. The average molecular weight is 513 g/mol. The molecule has 1 saturated carbocycles. The zero-order chi connectivity index (χ0) is 24.8. The van der Waals surface area contributed by atoms with Gasteiger partial charge in [-0.15, -0.1) is 11.3 Å². The van der Waals surface area contributed by atoms with E-state index in [0.717, 1.165) is 33.1 Å². The van der Waals surface area contributed by atoms with Gasteiger partial charge in [-0.3, -0.25) is 4.79 Å². The van der Waals surface area contributed by atoms with E-state index in [1.165, 1.54) is 18.4 Å². The minimum Gasteiger partial charge on any atom is -0.345 e. The number of nitrogens with zero attached hydrogens (tertiary/aromatic N) is 4. The predicted molar refractivity (Wildman–Crippen MR) is 147 cm³/mol. The number of carbonyl (C=O) groups excluding carboxylic acids is 1. The standard InChI is InChI=1S/C29H25ClN4OS/c1-33(2)29(35)21-12-15-25-23(16-21)31-27(28-32-24(17-36-28)18-10-13-22(30)14-11-18)34(25)26(20-8-9-20)19-6-4-3-5-7-19/h3-7,10-17,20,26H,8-9H2,1-2H3/t26-/m0/s1. The molecule has 2 heterocycles. The van der Waals surface area contributed by atoms with Crippen LogP contribution in [-0.2, 0) is 0 Å². The lowest BCUT2D eigenvalue weighted by Crippen LogP contribution is -2.21. The third-order valence-corrected chi connectivity index (χ3v) is 7.76. The second-order valence-electron chi connectivity index (χ2n) is 9.45. The molecule has 36 heavy (non-hydrogen) atoms. The van der Waals surface area contributed by atoms with Crippen molar-refractivity contribution in [2.75, 3.05) is 14.1 Å². The van der Waals surface area contributed by atoms with Gasteiger partial charge < -0.3 is 9.47 Å². The SMILES string of the molecule is CN(C)C(=O)c1ccc2c(c1)nc(-c1nc(-c3ccc(Cl)cc3)cs1)n2[C@@H](c1ccccc1)C1CC1. The van der Waals surface area contributed by atoms with Gasteiger partial charge in [0.1, 0.15) is 0 Å². The van der Waals surface area contributed by atoms with Gasteiger partial charge in [-0.25, -0.2) is 9.97 Å². The fourth-order valence-corrected chi connectivity index (χ4v) is 5.68. The van der Waals surface area contributed by atoms with E-state index >= 15 is 0 Å². The molecular formula is C29H25ClN4OS. The lowest BCUT2D eigenvalue weighted by molar-refractivity contribution is 0.0827. The molecule has 180 valence electrons. The van der Waals surface area contributed by atoms with E-state index < -0.39 is 0 Å². The van der Waals surface area contributed by atoms with Crippen LogP contribution in [0.4, 0.5) is 0 Å². The van der Waals surface area contributed by atoms with E-state index in [1.54, 1.807) is 30.3 Å². The molecule has 1 aliphatic rings. The van der Waals surface area contributed by atoms with Gasteiger partial charge in [0.15, 0.2) is 10.8 Å². The molecule has 6 rings (SSSR count). The molecular weight excluding hydrogens is 488 g/mol. The van der Waals surface area contributed by atoms with Crippen LogP contribution >= 0.6 is 22.9 Å². The van der Waals surface area contributed by atoms with Crippen LogP contribution in [0.2, 0.25) is 5.02 Å². The molecule has 1 atom stereocenters. The number of carbonyl (C=O) groups is 1. The fraction of sp³-hybridized carbons (Fsp3) is 0.207. The maximum atomic E-state index is 12.7. The summed E-state index contributed by atoms with van der Waals surface area (Å²) in [4.78, 5) is 24.3. The van der Waals surface area contributed by atoms with Gasteiger partial charge in [0.25, 0.3) is 5.91 Å². The zero-order valence-corrected chi connectivity index (χ0v) is 21.6. The molecule has 0 radical (unpaired) electrons. The number of fused-ring (bicyclic) bond motifs is 1. The van der Waals surface area contributed by atoms with Gasteiger partial charge >= 0.3 is 0 Å². The van der Waals surface area contributed by atoms with E-state index in [2.05, 4.69) is 40.3 Å². The molecule has 0 spiro atoms. The highest BCUT2D eigenvalue weighted by molar-refractivity contribution is 7.13. The van der Waals surface area contributed by atoms with Crippen molar-refractivity contribution in [3.8, 4) is 22.1 Å². The summed E-state index contributed by atoms with van der Waals surface area (Å²) in [7, 11) is 3.53. The van der Waals surface area contributed by atoms with E-state index in [1.807, 2.05) is 42.5 Å². The lowest BCUT2D eigenvalue weighted by atomic mass is 10.0. The van der Waals surface area contributed by atoms with Crippen molar-refractivity contribution in [3.05, 3.63) is 94.3 Å². The molecule has 0 unspecified atom stereocenters. The highest BCUT2D eigenvalue weighted by Crippen LogP contribution is 2.47. The molecule has 1 aliphatic carbocycles. The lowest BCUT2D eigenvalue weighted by Gasteiger charge is -2.22. The summed E-state index contributed by atoms with van der Waals surface area (Å²) in [5.74, 6) is 1.35. The molecule has 1 amide bonds. The Bertz CT molecular complexity index is 1550. The van der Waals surface area contributed by atoms with Crippen molar-refractivity contribution in [2.45, 2.75) is 18.9 Å². The van der Waals surface area contributed by atoms with Crippen LogP contribution in [0.25, 0.3) is 33.1 Å². The number of rotatable bonds is 6. The van der Waals surface area contributed by atoms with E-state index in [-0.39, 0.29) is 11.9 Å². The number of aromatic nitrogens is 3. The Balaban J connectivity index is 1.54. The predicted octanol–water partition coefficient (Wildman–Crippen LogP) is 7.18. The van der Waals surface area contributed by atoms with Crippen LogP contribution in [0.3, 0.4) is 0 Å². The highest BCUT2D eigenvalue weighted by Gasteiger charge is 2.36. The van der Waals surface area contributed by atoms with Crippen LogP contribution in [0.5, 0.6) is 0 Å². The fourth-order valence-electron chi connectivity index (χ4n) is 4.75. The Kier molecular flexibility index (Phi) is 5.86. The largest absolute Gasteiger partial charge is 0.345 e. The third-order valence-electron chi connectivity index (χ3n) is 6.67. The molecule has 7 heteroatoms. The van der Waals surface area contributed by atoms with Gasteiger partial charge in [-0.05, 0) is 54.7 Å². The first-order valence-corrected chi connectivity index (χ1v) is 13.3. The number of amides is 1. The van der Waals surface area contributed by atoms with Crippen molar-refractivity contribution >= 4 is 39.9 Å². The smallest absolute Gasteiger partial charge is 0.253 e. The number of imidazole rings is 1. The molecule has 5 nitrogen and oxygen atoms in total. The van der Waals surface area contributed by atoms with Gasteiger partial charge in [-0.1, -0.05) is 54.1 Å². The second kappa shape index (κ2) is 9.19.